The van der Waals surface area contributed by atoms with Gasteiger partial charge < -0.3 is 15.0 Å². The van der Waals surface area contributed by atoms with Gasteiger partial charge in [-0.05, 0) is 61.6 Å². The molecule has 0 spiro atoms. The van der Waals surface area contributed by atoms with Gasteiger partial charge in [-0.3, -0.25) is 9.59 Å². The van der Waals surface area contributed by atoms with E-state index in [-0.39, 0.29) is 37.3 Å². The standard InChI is InChI=1S/C32H34N2O4/c1-4-38-32(37)30-23(3)34(29(35)20-28(30)27-16-9-8-11-22(27)2)21-25-14-10-15-26(19-25)31(36)33-18-17-24-12-6-5-7-13-24/h5-16,19,28H,4,17-18,20-21H2,1-3H3,(H,33,36). The number of rotatable bonds is 9. The van der Waals surface area contributed by atoms with Crippen molar-refractivity contribution in [3.63, 3.8) is 0 Å². The zero-order chi connectivity index (χ0) is 27.1. The Balaban J connectivity index is 1.54. The van der Waals surface area contributed by atoms with Crippen LogP contribution in [0, 0.1) is 6.92 Å². The van der Waals surface area contributed by atoms with Crippen LogP contribution in [0.4, 0.5) is 0 Å². The molecular formula is C32H34N2O4. The van der Waals surface area contributed by atoms with E-state index in [0.29, 0.717) is 23.4 Å². The zero-order valence-corrected chi connectivity index (χ0v) is 22.2. The fourth-order valence-corrected chi connectivity index (χ4v) is 4.98. The average Bonchev–Trinajstić information content (AvgIpc) is 2.92. The van der Waals surface area contributed by atoms with E-state index in [1.54, 1.807) is 30.9 Å². The molecule has 6 heteroatoms. The van der Waals surface area contributed by atoms with Crippen LogP contribution in [-0.4, -0.2) is 35.8 Å². The Morgan fingerprint density at radius 2 is 1.66 bits per heavy atom. The molecule has 3 aromatic carbocycles. The number of aryl methyl sites for hydroxylation is 1. The highest BCUT2D eigenvalue weighted by molar-refractivity contribution is 5.96. The van der Waals surface area contributed by atoms with Gasteiger partial charge in [0, 0.05) is 30.1 Å². The molecule has 1 atom stereocenters. The third-order valence-corrected chi connectivity index (χ3v) is 6.95. The first kappa shape index (κ1) is 26.9. The Bertz CT molecular complexity index is 1350. The molecule has 4 rings (SSSR count). The molecule has 0 radical (unpaired) electrons. The maximum atomic E-state index is 13.4. The molecule has 1 unspecified atom stereocenters. The summed E-state index contributed by atoms with van der Waals surface area (Å²) in [5.74, 6) is -0.989. The summed E-state index contributed by atoms with van der Waals surface area (Å²) in [6.07, 6.45) is 0.924. The minimum atomic E-state index is -0.401. The average molecular weight is 511 g/mol. The van der Waals surface area contributed by atoms with E-state index < -0.39 is 5.97 Å². The second-order valence-corrected chi connectivity index (χ2v) is 9.50. The van der Waals surface area contributed by atoms with Crippen LogP contribution >= 0.6 is 0 Å². The molecule has 1 heterocycles. The molecule has 1 N–H and O–H groups in total. The Kier molecular flexibility index (Phi) is 8.74. The van der Waals surface area contributed by atoms with E-state index in [1.807, 2.05) is 73.7 Å². The van der Waals surface area contributed by atoms with Crippen LogP contribution < -0.4 is 5.32 Å². The minimum absolute atomic E-state index is 0.0680. The first-order valence-corrected chi connectivity index (χ1v) is 13.0. The number of nitrogens with zero attached hydrogens (tertiary/aromatic N) is 1. The summed E-state index contributed by atoms with van der Waals surface area (Å²) < 4.78 is 5.41. The van der Waals surface area contributed by atoms with Gasteiger partial charge in [-0.15, -0.1) is 0 Å². The summed E-state index contributed by atoms with van der Waals surface area (Å²) >= 11 is 0. The van der Waals surface area contributed by atoms with E-state index in [9.17, 15) is 14.4 Å². The summed E-state index contributed by atoms with van der Waals surface area (Å²) in [6.45, 7) is 6.61. The molecule has 0 saturated heterocycles. The van der Waals surface area contributed by atoms with Crippen molar-refractivity contribution in [1.29, 1.82) is 0 Å². The molecule has 0 aromatic heterocycles. The van der Waals surface area contributed by atoms with Crippen molar-refractivity contribution in [2.45, 2.75) is 46.1 Å². The van der Waals surface area contributed by atoms with Gasteiger partial charge in [0.05, 0.1) is 18.7 Å². The number of hydrogen-bond donors (Lipinski definition) is 1. The number of benzene rings is 3. The summed E-state index contributed by atoms with van der Waals surface area (Å²) in [5, 5.41) is 2.97. The molecule has 0 bridgehead atoms. The maximum Gasteiger partial charge on any atom is 0.336 e. The number of carbonyl (C=O) groups is 3. The summed E-state index contributed by atoms with van der Waals surface area (Å²) in [5.41, 5.74) is 5.59. The van der Waals surface area contributed by atoms with Gasteiger partial charge in [-0.1, -0.05) is 66.7 Å². The van der Waals surface area contributed by atoms with Crippen LogP contribution in [0.2, 0.25) is 0 Å². The molecule has 196 valence electrons. The van der Waals surface area contributed by atoms with E-state index >= 15 is 0 Å². The van der Waals surface area contributed by atoms with Crippen molar-refractivity contribution in [2.75, 3.05) is 13.2 Å². The maximum absolute atomic E-state index is 13.4. The van der Waals surface area contributed by atoms with Crippen molar-refractivity contribution < 1.29 is 19.1 Å². The van der Waals surface area contributed by atoms with Crippen LogP contribution in [0.25, 0.3) is 0 Å². The number of nitrogens with one attached hydrogen (secondary N) is 1. The Morgan fingerprint density at radius 1 is 0.947 bits per heavy atom. The lowest BCUT2D eigenvalue weighted by Crippen LogP contribution is -2.38. The fraction of sp³-hybridized carbons (Fsp3) is 0.281. The zero-order valence-electron chi connectivity index (χ0n) is 22.2. The van der Waals surface area contributed by atoms with Crippen molar-refractivity contribution in [3.8, 4) is 0 Å². The number of amides is 2. The van der Waals surface area contributed by atoms with Gasteiger partial charge >= 0.3 is 5.97 Å². The number of allylic oxidation sites excluding steroid dienone is 1. The highest BCUT2D eigenvalue weighted by atomic mass is 16.5. The molecular weight excluding hydrogens is 476 g/mol. The highest BCUT2D eigenvalue weighted by Gasteiger charge is 2.37. The van der Waals surface area contributed by atoms with E-state index in [1.165, 1.54) is 0 Å². The van der Waals surface area contributed by atoms with Crippen LogP contribution in [-0.2, 0) is 27.3 Å². The largest absolute Gasteiger partial charge is 0.463 e. The van der Waals surface area contributed by atoms with Gasteiger partial charge in [-0.2, -0.15) is 0 Å². The van der Waals surface area contributed by atoms with Gasteiger partial charge in [0.25, 0.3) is 5.91 Å². The van der Waals surface area contributed by atoms with Crippen LogP contribution in [0.3, 0.4) is 0 Å². The molecule has 1 aliphatic rings. The summed E-state index contributed by atoms with van der Waals surface area (Å²) in [6, 6.07) is 25.1. The summed E-state index contributed by atoms with van der Waals surface area (Å²) in [4.78, 5) is 40.9. The van der Waals surface area contributed by atoms with E-state index in [0.717, 1.165) is 28.7 Å². The second kappa shape index (κ2) is 12.4. The molecule has 0 aliphatic carbocycles. The Morgan fingerprint density at radius 3 is 2.39 bits per heavy atom. The number of carbonyl (C=O) groups excluding carboxylic acids is 3. The lowest BCUT2D eigenvalue weighted by Gasteiger charge is -2.35. The third kappa shape index (κ3) is 6.20. The van der Waals surface area contributed by atoms with Crippen molar-refractivity contribution in [3.05, 3.63) is 118 Å². The lowest BCUT2D eigenvalue weighted by atomic mass is 9.81. The highest BCUT2D eigenvalue weighted by Crippen LogP contribution is 2.38. The molecule has 0 fully saturated rings. The van der Waals surface area contributed by atoms with Gasteiger partial charge in [-0.25, -0.2) is 4.79 Å². The first-order chi connectivity index (χ1) is 18.4. The molecule has 1 aliphatic heterocycles. The molecule has 0 saturated carbocycles. The quantitative estimate of drug-likeness (QED) is 0.395. The summed E-state index contributed by atoms with van der Waals surface area (Å²) in [7, 11) is 0. The Labute approximate surface area is 224 Å². The first-order valence-electron chi connectivity index (χ1n) is 13.0. The van der Waals surface area contributed by atoms with Gasteiger partial charge in [0.2, 0.25) is 5.91 Å². The third-order valence-electron chi connectivity index (χ3n) is 6.95. The Hall–Kier alpha value is -4.19. The second-order valence-electron chi connectivity index (χ2n) is 9.50. The van der Waals surface area contributed by atoms with Crippen molar-refractivity contribution in [1.82, 2.24) is 10.2 Å². The van der Waals surface area contributed by atoms with Crippen molar-refractivity contribution >= 4 is 17.8 Å². The van der Waals surface area contributed by atoms with Crippen LogP contribution in [0.5, 0.6) is 0 Å². The van der Waals surface area contributed by atoms with E-state index in [4.69, 9.17) is 4.74 Å². The lowest BCUT2D eigenvalue weighted by molar-refractivity contribution is -0.140. The minimum Gasteiger partial charge on any atom is -0.463 e. The number of esters is 1. The monoisotopic (exact) mass is 510 g/mol. The van der Waals surface area contributed by atoms with Crippen LogP contribution in [0.15, 0.2) is 90.1 Å². The molecule has 6 nitrogen and oxygen atoms in total. The van der Waals surface area contributed by atoms with Crippen LogP contribution in [0.1, 0.15) is 58.8 Å². The predicted molar refractivity (Wildman–Crippen MR) is 147 cm³/mol. The smallest absolute Gasteiger partial charge is 0.336 e. The topological polar surface area (TPSA) is 75.7 Å². The normalized spacial score (nSPS) is 15.4. The van der Waals surface area contributed by atoms with Gasteiger partial charge in [0.15, 0.2) is 0 Å². The number of ether oxygens (including phenoxy) is 1. The molecule has 3 aromatic rings. The predicted octanol–water partition coefficient (Wildman–Crippen LogP) is 5.32. The number of hydrogen-bond acceptors (Lipinski definition) is 4. The SMILES string of the molecule is CCOC(=O)C1=C(C)N(Cc2cccc(C(=O)NCCc3ccccc3)c2)C(=O)CC1c1ccccc1C. The van der Waals surface area contributed by atoms with E-state index in [2.05, 4.69) is 5.32 Å². The molecule has 2 amide bonds. The van der Waals surface area contributed by atoms with Gasteiger partial charge in [0.1, 0.15) is 0 Å². The fourth-order valence-electron chi connectivity index (χ4n) is 4.98. The van der Waals surface area contributed by atoms with Crippen molar-refractivity contribution in [2.24, 2.45) is 0 Å². The molecule has 38 heavy (non-hydrogen) atoms.